The maximum Gasteiger partial charge on any atom is 0.407 e. The monoisotopic (exact) mass is 402 g/mol. The Morgan fingerprint density at radius 1 is 1.03 bits per heavy atom. The molecule has 2 heterocycles. The summed E-state index contributed by atoms with van der Waals surface area (Å²) in [5.74, 6) is 0.605. The highest BCUT2D eigenvalue weighted by atomic mass is 16.4. The first-order valence-electron chi connectivity index (χ1n) is 10.4. The SMILES string of the molecule is O=C(O)N1CCC(c2cccc(C(Cc3ccccc3)c3ccc(O)cn3)c2)CC1. The summed E-state index contributed by atoms with van der Waals surface area (Å²) in [6, 6.07) is 22.6. The molecule has 1 fully saturated rings. The highest BCUT2D eigenvalue weighted by molar-refractivity contribution is 5.65. The molecule has 2 N–H and O–H groups in total. The minimum absolute atomic E-state index is 0.0760. The van der Waals surface area contributed by atoms with Crippen LogP contribution in [0.4, 0.5) is 4.79 Å². The van der Waals surface area contributed by atoms with Crippen molar-refractivity contribution in [1.29, 1.82) is 0 Å². The molecule has 4 rings (SSSR count). The van der Waals surface area contributed by atoms with E-state index in [1.54, 1.807) is 6.07 Å². The zero-order chi connectivity index (χ0) is 20.9. The fraction of sp³-hybridized carbons (Fsp3) is 0.280. The van der Waals surface area contributed by atoms with Gasteiger partial charge in [-0.1, -0.05) is 54.6 Å². The summed E-state index contributed by atoms with van der Waals surface area (Å²) < 4.78 is 0. The summed E-state index contributed by atoms with van der Waals surface area (Å²) in [4.78, 5) is 17.2. The van der Waals surface area contributed by atoms with E-state index < -0.39 is 6.09 Å². The number of benzene rings is 2. The quantitative estimate of drug-likeness (QED) is 0.628. The molecule has 1 atom stereocenters. The molecule has 1 aliphatic heterocycles. The molecule has 3 aromatic rings. The van der Waals surface area contributed by atoms with E-state index in [2.05, 4.69) is 41.4 Å². The third-order valence-electron chi connectivity index (χ3n) is 5.96. The number of hydrogen-bond acceptors (Lipinski definition) is 3. The largest absolute Gasteiger partial charge is 0.506 e. The number of amides is 1. The lowest BCUT2D eigenvalue weighted by molar-refractivity contribution is 0.132. The van der Waals surface area contributed by atoms with E-state index in [1.165, 1.54) is 27.8 Å². The second-order valence-electron chi connectivity index (χ2n) is 7.90. The number of aromatic hydroxyl groups is 1. The van der Waals surface area contributed by atoms with Crippen LogP contribution in [0.25, 0.3) is 0 Å². The van der Waals surface area contributed by atoms with Crippen molar-refractivity contribution >= 4 is 6.09 Å². The zero-order valence-electron chi connectivity index (χ0n) is 16.8. The summed E-state index contributed by atoms with van der Waals surface area (Å²) in [6.45, 7) is 1.16. The molecule has 1 aliphatic rings. The third kappa shape index (κ3) is 4.62. The molecule has 5 nitrogen and oxygen atoms in total. The van der Waals surface area contributed by atoms with Gasteiger partial charge in [0.05, 0.1) is 6.20 Å². The van der Waals surface area contributed by atoms with Crippen LogP contribution in [0.2, 0.25) is 0 Å². The molecular weight excluding hydrogens is 376 g/mol. The van der Waals surface area contributed by atoms with Crippen molar-refractivity contribution in [2.24, 2.45) is 0 Å². The molecule has 30 heavy (non-hydrogen) atoms. The maximum absolute atomic E-state index is 11.2. The number of pyridine rings is 1. The van der Waals surface area contributed by atoms with Crippen molar-refractivity contribution in [2.75, 3.05) is 13.1 Å². The van der Waals surface area contributed by atoms with Crippen LogP contribution in [0.15, 0.2) is 72.9 Å². The van der Waals surface area contributed by atoms with Gasteiger partial charge in [0.25, 0.3) is 0 Å². The van der Waals surface area contributed by atoms with Crippen molar-refractivity contribution in [3.63, 3.8) is 0 Å². The van der Waals surface area contributed by atoms with Crippen LogP contribution in [0.3, 0.4) is 0 Å². The molecule has 0 spiro atoms. The molecular formula is C25H26N2O3. The molecule has 1 amide bonds. The highest BCUT2D eigenvalue weighted by Gasteiger charge is 2.24. The van der Waals surface area contributed by atoms with Gasteiger partial charge in [-0.2, -0.15) is 0 Å². The van der Waals surface area contributed by atoms with Crippen molar-refractivity contribution in [1.82, 2.24) is 9.88 Å². The van der Waals surface area contributed by atoms with Crippen LogP contribution in [-0.2, 0) is 6.42 Å². The fourth-order valence-electron chi connectivity index (χ4n) is 4.28. The smallest absolute Gasteiger partial charge is 0.407 e. The minimum Gasteiger partial charge on any atom is -0.506 e. The van der Waals surface area contributed by atoms with Gasteiger partial charge in [0, 0.05) is 24.7 Å². The van der Waals surface area contributed by atoms with E-state index >= 15 is 0 Å². The lowest BCUT2D eigenvalue weighted by Gasteiger charge is -2.30. The Kier molecular flexibility index (Phi) is 5.98. The summed E-state index contributed by atoms with van der Waals surface area (Å²) in [5.41, 5.74) is 4.61. The van der Waals surface area contributed by atoms with Gasteiger partial charge >= 0.3 is 6.09 Å². The molecule has 1 saturated heterocycles. The van der Waals surface area contributed by atoms with E-state index in [4.69, 9.17) is 0 Å². The number of piperidine rings is 1. The number of carbonyl (C=O) groups is 1. The van der Waals surface area contributed by atoms with Gasteiger partial charge in [-0.25, -0.2) is 4.79 Å². The average molecular weight is 402 g/mol. The van der Waals surface area contributed by atoms with Crippen LogP contribution in [-0.4, -0.2) is 39.3 Å². The number of likely N-dealkylation sites (tertiary alicyclic amines) is 1. The molecule has 1 unspecified atom stereocenters. The van der Waals surface area contributed by atoms with Gasteiger partial charge in [-0.05, 0) is 54.0 Å². The molecule has 0 radical (unpaired) electrons. The molecule has 154 valence electrons. The van der Waals surface area contributed by atoms with Crippen molar-refractivity contribution in [2.45, 2.75) is 31.1 Å². The van der Waals surface area contributed by atoms with Crippen LogP contribution in [0, 0.1) is 0 Å². The number of hydrogen-bond donors (Lipinski definition) is 2. The molecule has 2 aromatic carbocycles. The second kappa shape index (κ2) is 8.99. The number of aromatic nitrogens is 1. The van der Waals surface area contributed by atoms with Gasteiger partial charge < -0.3 is 15.1 Å². The number of nitrogens with zero attached hydrogens (tertiary/aromatic N) is 2. The van der Waals surface area contributed by atoms with Gasteiger partial charge in [-0.15, -0.1) is 0 Å². The van der Waals surface area contributed by atoms with E-state index in [0.717, 1.165) is 25.0 Å². The first-order valence-corrected chi connectivity index (χ1v) is 10.4. The van der Waals surface area contributed by atoms with E-state index in [-0.39, 0.29) is 11.7 Å². The normalized spacial score (nSPS) is 15.7. The average Bonchev–Trinajstić information content (AvgIpc) is 2.79. The first kappa shape index (κ1) is 20.0. The molecule has 0 aliphatic carbocycles. The van der Waals surface area contributed by atoms with Crippen LogP contribution in [0.5, 0.6) is 5.75 Å². The van der Waals surface area contributed by atoms with Gasteiger partial charge in [0.1, 0.15) is 5.75 Å². The summed E-state index contributed by atoms with van der Waals surface area (Å²) in [7, 11) is 0. The molecule has 0 saturated carbocycles. The number of rotatable bonds is 5. The Labute approximate surface area is 176 Å². The molecule has 1 aromatic heterocycles. The summed E-state index contributed by atoms with van der Waals surface area (Å²) in [5, 5.41) is 18.9. The van der Waals surface area contributed by atoms with Gasteiger partial charge in [-0.3, -0.25) is 4.98 Å². The van der Waals surface area contributed by atoms with Crippen molar-refractivity contribution < 1.29 is 15.0 Å². The molecule has 5 heteroatoms. The Morgan fingerprint density at radius 2 is 1.80 bits per heavy atom. The first-order chi connectivity index (χ1) is 14.6. The Morgan fingerprint density at radius 3 is 2.47 bits per heavy atom. The van der Waals surface area contributed by atoms with E-state index in [9.17, 15) is 15.0 Å². The van der Waals surface area contributed by atoms with Gasteiger partial charge in [0.15, 0.2) is 0 Å². The summed E-state index contributed by atoms with van der Waals surface area (Å²) >= 11 is 0. The predicted octanol–water partition coefficient (Wildman–Crippen LogP) is 5.02. The standard InChI is InChI=1S/C25H26N2O3/c28-22-9-10-24(26-17-22)23(15-18-5-2-1-3-6-18)21-8-4-7-20(16-21)19-11-13-27(14-12-19)25(29)30/h1-10,16-17,19,23,28H,11-15H2,(H,29,30). The lowest BCUT2D eigenvalue weighted by Crippen LogP contribution is -2.36. The van der Waals surface area contributed by atoms with E-state index in [1.807, 2.05) is 24.3 Å². The summed E-state index contributed by atoms with van der Waals surface area (Å²) in [6.07, 6.45) is 3.18. The van der Waals surface area contributed by atoms with Crippen LogP contribution < -0.4 is 0 Å². The van der Waals surface area contributed by atoms with Crippen LogP contribution >= 0.6 is 0 Å². The van der Waals surface area contributed by atoms with Gasteiger partial charge in [0.2, 0.25) is 0 Å². The highest BCUT2D eigenvalue weighted by Crippen LogP contribution is 2.33. The zero-order valence-corrected chi connectivity index (χ0v) is 16.8. The Balaban J connectivity index is 1.61. The van der Waals surface area contributed by atoms with E-state index in [0.29, 0.717) is 19.0 Å². The maximum atomic E-state index is 11.2. The Hall–Kier alpha value is -3.34. The minimum atomic E-state index is -0.830. The Bertz CT molecular complexity index is 981. The number of carboxylic acid groups (broad SMARTS) is 1. The van der Waals surface area contributed by atoms with Crippen molar-refractivity contribution in [3.05, 3.63) is 95.3 Å². The molecule has 0 bridgehead atoms. The second-order valence-corrected chi connectivity index (χ2v) is 7.90. The fourth-order valence-corrected chi connectivity index (χ4v) is 4.28. The third-order valence-corrected chi connectivity index (χ3v) is 5.96. The van der Waals surface area contributed by atoms with Crippen LogP contribution in [0.1, 0.15) is 47.1 Å². The van der Waals surface area contributed by atoms with Crippen molar-refractivity contribution in [3.8, 4) is 5.75 Å². The predicted molar refractivity (Wildman–Crippen MR) is 116 cm³/mol. The lowest BCUT2D eigenvalue weighted by atomic mass is 9.84. The topological polar surface area (TPSA) is 73.7 Å².